The Morgan fingerprint density at radius 3 is 2.44 bits per heavy atom. The first-order chi connectivity index (χ1) is 15.6. The van der Waals surface area contributed by atoms with Gasteiger partial charge in [-0.3, -0.25) is 19.5 Å². The van der Waals surface area contributed by atoms with Gasteiger partial charge in [-0.1, -0.05) is 30.9 Å². The van der Waals surface area contributed by atoms with E-state index in [1.807, 2.05) is 6.07 Å². The highest BCUT2D eigenvalue weighted by molar-refractivity contribution is 6.30. The molecule has 1 aliphatic heterocycles. The number of amides is 2. The molecule has 0 radical (unpaired) electrons. The Balaban J connectivity index is 1.25. The van der Waals surface area contributed by atoms with Gasteiger partial charge in [-0.05, 0) is 75.2 Å². The molecule has 2 aliphatic rings. The van der Waals surface area contributed by atoms with Crippen LogP contribution >= 0.6 is 11.6 Å². The van der Waals surface area contributed by atoms with E-state index in [9.17, 15) is 9.59 Å². The highest BCUT2D eigenvalue weighted by atomic mass is 35.5. The number of halogens is 1. The van der Waals surface area contributed by atoms with Gasteiger partial charge >= 0.3 is 0 Å². The lowest BCUT2D eigenvalue weighted by atomic mass is 9.92. The van der Waals surface area contributed by atoms with E-state index in [1.54, 1.807) is 36.5 Å². The van der Waals surface area contributed by atoms with Gasteiger partial charge in [0.15, 0.2) is 0 Å². The zero-order chi connectivity index (χ0) is 22.3. The van der Waals surface area contributed by atoms with Crippen molar-refractivity contribution in [2.24, 2.45) is 5.92 Å². The number of carbonyl (C=O) groups is 2. The van der Waals surface area contributed by atoms with Crippen molar-refractivity contribution in [2.45, 2.75) is 57.5 Å². The van der Waals surface area contributed by atoms with Crippen LogP contribution in [0.15, 0.2) is 42.6 Å². The predicted octanol–water partition coefficient (Wildman–Crippen LogP) is 4.65. The smallest absolute Gasteiger partial charge is 0.255 e. The highest BCUT2D eigenvalue weighted by Gasteiger charge is 2.27. The molecule has 0 atom stereocenters. The van der Waals surface area contributed by atoms with E-state index in [4.69, 9.17) is 11.6 Å². The summed E-state index contributed by atoms with van der Waals surface area (Å²) in [5, 5.41) is 6.80. The summed E-state index contributed by atoms with van der Waals surface area (Å²) in [6.07, 6.45) is 9.49. The van der Waals surface area contributed by atoms with Gasteiger partial charge in [0.2, 0.25) is 5.91 Å². The van der Waals surface area contributed by atoms with Crippen LogP contribution < -0.4 is 10.6 Å². The van der Waals surface area contributed by atoms with Crippen molar-refractivity contribution in [1.29, 1.82) is 0 Å². The van der Waals surface area contributed by atoms with Crippen molar-refractivity contribution in [3.05, 3.63) is 58.9 Å². The van der Waals surface area contributed by atoms with E-state index in [-0.39, 0.29) is 17.7 Å². The molecule has 0 bridgehead atoms. The monoisotopic (exact) mass is 454 g/mol. The van der Waals surface area contributed by atoms with Crippen molar-refractivity contribution < 1.29 is 9.59 Å². The van der Waals surface area contributed by atoms with Crippen molar-refractivity contribution >= 4 is 29.1 Å². The third kappa shape index (κ3) is 6.30. The van der Waals surface area contributed by atoms with E-state index in [2.05, 4.69) is 20.5 Å². The molecule has 6 nitrogen and oxygen atoms in total. The lowest BCUT2D eigenvalue weighted by molar-refractivity contribution is -0.127. The average molecular weight is 455 g/mol. The van der Waals surface area contributed by atoms with Crippen molar-refractivity contribution in [3.8, 4) is 0 Å². The van der Waals surface area contributed by atoms with Gasteiger partial charge in [0.05, 0.1) is 5.69 Å². The Morgan fingerprint density at radius 2 is 1.72 bits per heavy atom. The van der Waals surface area contributed by atoms with Crippen LogP contribution in [0.25, 0.3) is 0 Å². The van der Waals surface area contributed by atoms with Crippen LogP contribution in [0.3, 0.4) is 0 Å². The summed E-state index contributed by atoms with van der Waals surface area (Å²) in [6, 6.07) is 10.9. The lowest BCUT2D eigenvalue weighted by Gasteiger charge is -2.32. The van der Waals surface area contributed by atoms with Crippen LogP contribution in [-0.4, -0.2) is 40.8 Å². The van der Waals surface area contributed by atoms with Crippen LogP contribution in [-0.2, 0) is 11.3 Å². The van der Waals surface area contributed by atoms with E-state index in [0.29, 0.717) is 23.2 Å². The van der Waals surface area contributed by atoms with Crippen LogP contribution in [0.4, 0.5) is 5.69 Å². The van der Waals surface area contributed by atoms with Gasteiger partial charge in [0.1, 0.15) is 0 Å². The van der Waals surface area contributed by atoms with Gasteiger partial charge in [-0.15, -0.1) is 0 Å². The molecule has 170 valence electrons. The third-order valence-corrected chi connectivity index (χ3v) is 6.73. The Morgan fingerprint density at radius 1 is 1.00 bits per heavy atom. The third-order valence-electron chi connectivity index (χ3n) is 6.48. The molecule has 2 fully saturated rings. The number of hydrogen-bond acceptors (Lipinski definition) is 4. The number of likely N-dealkylation sites (tertiary alicyclic amines) is 1. The number of nitrogens with zero attached hydrogens (tertiary/aromatic N) is 2. The molecular weight excluding hydrogens is 424 g/mol. The van der Waals surface area contributed by atoms with Crippen LogP contribution in [0.5, 0.6) is 0 Å². The van der Waals surface area contributed by atoms with Gasteiger partial charge in [-0.2, -0.15) is 0 Å². The summed E-state index contributed by atoms with van der Waals surface area (Å²) in [6.45, 7) is 2.47. The van der Waals surface area contributed by atoms with Crippen molar-refractivity contribution in [3.63, 3.8) is 0 Å². The summed E-state index contributed by atoms with van der Waals surface area (Å²) in [7, 11) is 0. The first-order valence-electron chi connectivity index (χ1n) is 11.6. The molecule has 2 amide bonds. The molecule has 1 saturated carbocycles. The second kappa shape index (κ2) is 10.9. The van der Waals surface area contributed by atoms with E-state index < -0.39 is 0 Å². The number of rotatable bonds is 6. The topological polar surface area (TPSA) is 74.3 Å². The number of anilines is 1. The summed E-state index contributed by atoms with van der Waals surface area (Å²) in [4.78, 5) is 31.9. The summed E-state index contributed by atoms with van der Waals surface area (Å²) >= 11 is 5.89. The molecule has 0 spiro atoms. The van der Waals surface area contributed by atoms with Crippen molar-refractivity contribution in [1.82, 2.24) is 15.2 Å². The first kappa shape index (κ1) is 22.7. The highest BCUT2D eigenvalue weighted by Crippen LogP contribution is 2.22. The molecule has 0 unspecified atom stereocenters. The quantitative estimate of drug-likeness (QED) is 0.666. The number of nitrogens with one attached hydrogen (secondary N) is 2. The molecule has 4 rings (SSSR count). The minimum atomic E-state index is -0.177. The van der Waals surface area contributed by atoms with Gasteiger partial charge in [-0.25, -0.2) is 0 Å². The number of hydrogen-bond donors (Lipinski definition) is 2. The average Bonchev–Trinajstić information content (AvgIpc) is 2.81. The van der Waals surface area contributed by atoms with Crippen LogP contribution in [0, 0.1) is 5.92 Å². The van der Waals surface area contributed by atoms with E-state index >= 15 is 0 Å². The van der Waals surface area contributed by atoms with Gasteiger partial charge in [0.25, 0.3) is 5.91 Å². The normalized spacial score (nSPS) is 18.3. The fourth-order valence-electron chi connectivity index (χ4n) is 4.60. The number of pyridine rings is 1. The molecule has 2 aromatic rings. The largest absolute Gasteiger partial charge is 0.353 e. The fourth-order valence-corrected chi connectivity index (χ4v) is 4.72. The van der Waals surface area contributed by atoms with Gasteiger partial charge in [0, 0.05) is 41.0 Å². The van der Waals surface area contributed by atoms with Gasteiger partial charge < -0.3 is 10.6 Å². The Hall–Kier alpha value is -2.44. The maximum atomic E-state index is 12.6. The summed E-state index contributed by atoms with van der Waals surface area (Å²) < 4.78 is 0. The molecule has 1 saturated heterocycles. The molecule has 2 N–H and O–H groups in total. The summed E-state index contributed by atoms with van der Waals surface area (Å²) in [5.41, 5.74) is 2.18. The zero-order valence-electron chi connectivity index (χ0n) is 18.4. The van der Waals surface area contributed by atoms with E-state index in [0.717, 1.165) is 50.2 Å². The van der Waals surface area contributed by atoms with Crippen molar-refractivity contribution in [2.75, 3.05) is 18.4 Å². The second-order valence-electron chi connectivity index (χ2n) is 8.89. The number of aromatic nitrogens is 1. The molecule has 2 heterocycles. The molecule has 1 aliphatic carbocycles. The Labute approximate surface area is 194 Å². The van der Waals surface area contributed by atoms with E-state index in [1.165, 1.54) is 19.3 Å². The lowest BCUT2D eigenvalue weighted by Crippen LogP contribution is -2.44. The second-order valence-corrected chi connectivity index (χ2v) is 9.33. The molecule has 32 heavy (non-hydrogen) atoms. The maximum absolute atomic E-state index is 12.6. The minimum Gasteiger partial charge on any atom is -0.353 e. The first-order valence-corrected chi connectivity index (χ1v) is 12.0. The molecule has 1 aromatic heterocycles. The number of benzene rings is 1. The summed E-state index contributed by atoms with van der Waals surface area (Å²) in [5.74, 6) is 0.177. The van der Waals surface area contributed by atoms with Crippen LogP contribution in [0.2, 0.25) is 5.02 Å². The minimum absolute atomic E-state index is 0.117. The molecule has 7 heteroatoms. The Kier molecular flexibility index (Phi) is 7.76. The maximum Gasteiger partial charge on any atom is 0.255 e. The Bertz CT molecular complexity index is 920. The molecule has 1 aromatic carbocycles. The SMILES string of the molecule is O=C(Nc1ccnc(CN2CCC(C(=O)NC3CCCCC3)CC2)c1)c1ccc(Cl)cc1. The number of carbonyl (C=O) groups excluding carboxylic acids is 2. The predicted molar refractivity (Wildman–Crippen MR) is 127 cm³/mol. The zero-order valence-corrected chi connectivity index (χ0v) is 19.1. The molecular formula is C25H31ClN4O2. The fraction of sp³-hybridized carbons (Fsp3) is 0.480. The number of piperidine rings is 1. The van der Waals surface area contributed by atoms with Crippen LogP contribution in [0.1, 0.15) is 61.0 Å². The standard InChI is InChI=1S/C25H31ClN4O2/c26-20-8-6-18(7-9-20)24(31)29-22-10-13-27-23(16-22)17-30-14-11-19(12-15-30)25(32)28-21-4-2-1-3-5-21/h6-10,13,16,19,21H,1-5,11-12,14-15,17H2,(H,28,32)(H,27,29,31).